The van der Waals surface area contributed by atoms with Crippen LogP contribution in [0.5, 0.6) is 0 Å². The Morgan fingerprint density at radius 1 is 0.957 bits per heavy atom. The van der Waals surface area contributed by atoms with Crippen LogP contribution in [0.25, 0.3) is 16.8 Å². The third-order valence-corrected chi connectivity index (χ3v) is 11.6. The first kappa shape index (κ1) is 56.7. The third-order valence-electron chi connectivity index (χ3n) is 11.6. The van der Waals surface area contributed by atoms with E-state index in [0.717, 1.165) is 5.69 Å². The number of halogens is 3. The molecule has 70 heavy (non-hydrogen) atoms. The second-order valence-electron chi connectivity index (χ2n) is 16.9. The van der Waals surface area contributed by atoms with Crippen molar-refractivity contribution in [2.24, 2.45) is 11.7 Å². The second kappa shape index (κ2) is 25.8. The van der Waals surface area contributed by atoms with Gasteiger partial charge in [-0.3, -0.25) is 28.1 Å². The molecule has 2 aliphatic heterocycles. The Labute approximate surface area is 427 Å². The Morgan fingerprint density at radius 2 is 1.64 bits per heavy atom. The monoisotopic (exact) mass is 1060 g/mol. The van der Waals surface area contributed by atoms with Crippen molar-refractivity contribution in [2.75, 3.05) is 65.2 Å². The normalized spacial score (nSPS) is 17.0. The number of imidazole rings is 1. The predicted octanol–water partition coefficient (Wildman–Crippen LogP) is 3.23. The van der Waals surface area contributed by atoms with Crippen LogP contribution in [0.1, 0.15) is 70.1 Å². The van der Waals surface area contributed by atoms with Crippen molar-refractivity contribution in [1.29, 1.82) is 0 Å². The van der Waals surface area contributed by atoms with E-state index in [4.69, 9.17) is 10.5 Å². The number of fused-ring (bicyclic) bond motifs is 3. The van der Waals surface area contributed by atoms with Crippen molar-refractivity contribution < 1.29 is 89.4 Å². The molecule has 8 amide bonds. The van der Waals surface area contributed by atoms with Crippen molar-refractivity contribution in [3.05, 3.63) is 60.2 Å². The Hall–Kier alpha value is -5.92. The number of anilines is 1. The number of nitrogens with one attached hydrogen (secondary N) is 4. The number of likely N-dealkylation sites (tertiary alicyclic amines) is 2. The number of nitrogens with two attached hydrogens (primary N) is 1. The number of hydrogen-bond acceptors (Lipinski definition) is 12. The van der Waals surface area contributed by atoms with Crippen LogP contribution >= 0.6 is 0 Å². The number of carbonyl (C=O) groups excluding carboxylic acids is 7. The number of hydrogen-bond donors (Lipinski definition) is 6. The summed E-state index contributed by atoms with van der Waals surface area (Å²) in [6, 6.07) is 4.72. The maximum Gasteiger partial charge on any atom is 0.409 e. The van der Waals surface area contributed by atoms with Crippen LogP contribution in [0, 0.1) is 5.92 Å². The van der Waals surface area contributed by atoms with Crippen molar-refractivity contribution in [3.63, 3.8) is 0 Å². The van der Waals surface area contributed by atoms with Gasteiger partial charge < -0.3 is 51.2 Å². The van der Waals surface area contributed by atoms with Gasteiger partial charge in [0.25, 0.3) is 0 Å². The van der Waals surface area contributed by atoms with E-state index in [0.29, 0.717) is 47.3 Å². The molecule has 6 rings (SSSR count). The van der Waals surface area contributed by atoms with E-state index in [1.54, 1.807) is 55.3 Å². The third kappa shape index (κ3) is 14.6. The average molecular weight is 1060 g/mol. The summed E-state index contributed by atoms with van der Waals surface area (Å²) in [6.07, 6.45) is 1.83. The van der Waals surface area contributed by atoms with Gasteiger partial charge in [0.05, 0.1) is 24.7 Å². The zero-order chi connectivity index (χ0) is 50.6. The molecule has 1 aromatic carbocycles. The van der Waals surface area contributed by atoms with Gasteiger partial charge in [-0.25, -0.2) is 24.4 Å². The number of nitrogens with zero attached hydrogens (tertiary/aromatic N) is 8. The van der Waals surface area contributed by atoms with Crippen LogP contribution in [-0.2, 0) is 63.2 Å². The molecule has 2 aliphatic rings. The molecular weight excluding hydrogens is 1000 g/mol. The van der Waals surface area contributed by atoms with Crippen molar-refractivity contribution >= 4 is 64.3 Å². The number of amides is 8. The molecule has 3 aromatic heterocycles. The molecule has 0 spiro atoms. The SMILES string of the molecule is CCC.CCC1CN(C(=O)NCC(F)(F)F)CC1c1cnc2cnc3c(ccn3C(=O)N(C)CCN(C)C(=O)OCc3ccc(NC(=O)CNC(=O)C4CCCN4C(=O)C(CC(N)=O)NO)cc3)n12.[Y]. The molecule has 379 valence electrons. The van der Waals surface area contributed by atoms with Crippen LogP contribution in [0.4, 0.5) is 33.2 Å². The van der Waals surface area contributed by atoms with Crippen LogP contribution < -0.4 is 27.2 Å². The molecule has 7 N–H and O–H groups in total. The van der Waals surface area contributed by atoms with Crippen molar-refractivity contribution in [1.82, 2.24) is 54.6 Å². The zero-order valence-electron chi connectivity index (χ0n) is 39.7. The summed E-state index contributed by atoms with van der Waals surface area (Å²) in [5, 5.41) is 16.4. The summed E-state index contributed by atoms with van der Waals surface area (Å²) >= 11 is 0. The number of urea groups is 1. The smallest absolute Gasteiger partial charge is 0.409 e. The summed E-state index contributed by atoms with van der Waals surface area (Å²) in [5.41, 5.74) is 10.0. The minimum Gasteiger partial charge on any atom is -0.445 e. The minimum absolute atomic E-state index is 0. The van der Waals surface area contributed by atoms with Crippen LogP contribution in [0.3, 0.4) is 0 Å². The quantitative estimate of drug-likeness (QED) is 0.0884. The van der Waals surface area contributed by atoms with Gasteiger partial charge in [-0.1, -0.05) is 45.7 Å². The van der Waals surface area contributed by atoms with Crippen LogP contribution in [0.2, 0.25) is 0 Å². The van der Waals surface area contributed by atoms with E-state index in [-0.39, 0.29) is 83.9 Å². The molecule has 2 saturated heterocycles. The van der Waals surface area contributed by atoms with E-state index in [1.165, 1.54) is 43.8 Å². The number of benzene rings is 1. The zero-order valence-corrected chi connectivity index (χ0v) is 42.5. The maximum atomic E-state index is 13.7. The van der Waals surface area contributed by atoms with Gasteiger partial charge in [-0.2, -0.15) is 18.7 Å². The summed E-state index contributed by atoms with van der Waals surface area (Å²) in [6.45, 7) is 5.18. The van der Waals surface area contributed by atoms with Crippen molar-refractivity contribution in [2.45, 2.75) is 83.7 Å². The first-order valence-electron chi connectivity index (χ1n) is 22.5. The number of carbonyl (C=O) groups is 7. The van der Waals surface area contributed by atoms with E-state index in [1.807, 2.05) is 16.6 Å². The molecule has 22 nitrogen and oxygen atoms in total. The van der Waals surface area contributed by atoms with Crippen LogP contribution in [-0.4, -0.2) is 164 Å². The minimum atomic E-state index is -4.54. The van der Waals surface area contributed by atoms with E-state index >= 15 is 0 Å². The van der Waals surface area contributed by atoms with E-state index in [2.05, 4.69) is 34.4 Å². The fourth-order valence-electron chi connectivity index (χ4n) is 8.05. The van der Waals surface area contributed by atoms with Crippen molar-refractivity contribution in [3.8, 4) is 0 Å². The van der Waals surface area contributed by atoms with Gasteiger partial charge in [0.2, 0.25) is 23.6 Å². The second-order valence-corrected chi connectivity index (χ2v) is 16.9. The molecule has 2 fully saturated rings. The molecule has 4 unspecified atom stereocenters. The van der Waals surface area contributed by atoms with Gasteiger partial charge in [-0.15, -0.1) is 0 Å². The summed E-state index contributed by atoms with van der Waals surface area (Å²) in [4.78, 5) is 103. The molecule has 0 saturated carbocycles. The number of rotatable bonds is 16. The first-order chi connectivity index (χ1) is 32.8. The number of alkyl halides is 3. The van der Waals surface area contributed by atoms with Gasteiger partial charge in [-0.05, 0) is 42.5 Å². The molecule has 4 aromatic rings. The standard InChI is InChI=1S/C41H52F3N13O9.C3H8.Y/c1-4-25-20-54(38(62)49-23-41(42,43)44)21-27(25)31-17-46-33-18-47-35-29(57(31)33)11-13-56(35)39(63)52(2)14-15-53(3)40(64)66-22-24-7-9-26(10-8-24)50-34(59)19-48-36(60)30-6-5-12-55(30)37(61)28(51-65)16-32(45)58;1-3-2;/h7-11,13,17-18,25,27-28,30,51,65H,4-6,12,14-16,19-23H2,1-3H3,(H2,45,58)(H,48,60)(H,49,62)(H,50,59);3H2,1-2H3;. The van der Waals surface area contributed by atoms with E-state index < -0.39 is 79.6 Å². The Kier molecular flexibility index (Phi) is 20.9. The molecule has 5 heterocycles. The van der Waals surface area contributed by atoms with E-state index in [9.17, 15) is 51.9 Å². The summed E-state index contributed by atoms with van der Waals surface area (Å²) in [7, 11) is 3.09. The molecular formula is C44H60F3N13O9Y. The number of hydroxylamine groups is 1. The molecule has 26 heteroatoms. The number of aromatic nitrogens is 4. The fraction of sp³-hybridized carbons (Fsp3) is 0.523. The molecule has 0 aliphatic carbocycles. The van der Waals surface area contributed by atoms with Gasteiger partial charge >= 0.3 is 24.3 Å². The predicted molar refractivity (Wildman–Crippen MR) is 244 cm³/mol. The first-order valence-corrected chi connectivity index (χ1v) is 22.5. The summed E-state index contributed by atoms with van der Waals surface area (Å²) in [5.74, 6) is -2.90. The summed E-state index contributed by atoms with van der Waals surface area (Å²) < 4.78 is 47.0. The van der Waals surface area contributed by atoms with Gasteiger partial charge in [0.1, 0.15) is 25.2 Å². The molecule has 4 atom stereocenters. The molecule has 0 bridgehead atoms. The fourth-order valence-corrected chi connectivity index (χ4v) is 8.05. The molecule has 1 radical (unpaired) electrons. The average Bonchev–Trinajstić information content (AvgIpc) is 4.15. The number of ether oxygens (including phenoxy) is 1. The number of likely N-dealkylation sites (N-methyl/N-ethyl adjacent to an activating group) is 2. The Bertz CT molecular complexity index is 2470. The topological polar surface area (TPSA) is 271 Å². The largest absolute Gasteiger partial charge is 0.445 e. The Balaban J connectivity index is 0.00000260. The van der Waals surface area contributed by atoms with Crippen LogP contribution in [0.15, 0.2) is 48.9 Å². The Morgan fingerprint density at radius 3 is 2.29 bits per heavy atom. The van der Waals surface area contributed by atoms with Gasteiger partial charge in [0, 0.05) is 109 Å². The maximum absolute atomic E-state index is 13.7. The number of primary amides is 1. The van der Waals surface area contributed by atoms with Gasteiger partial charge in [0.15, 0.2) is 11.3 Å².